The molecule has 0 bridgehead atoms. The van der Waals surface area contributed by atoms with Gasteiger partial charge in [0.05, 0.1) is 5.56 Å². The van der Waals surface area contributed by atoms with Gasteiger partial charge in [-0.05, 0) is 50.9 Å². The molecule has 2 N–H and O–H groups in total. The summed E-state index contributed by atoms with van der Waals surface area (Å²) in [5, 5.41) is 13.4. The van der Waals surface area contributed by atoms with Crippen LogP contribution in [0.25, 0.3) is 0 Å². The number of hydrogen-bond acceptors (Lipinski definition) is 3. The third kappa shape index (κ3) is 3.12. The largest absolute Gasteiger partial charge is 0.507 e. The van der Waals surface area contributed by atoms with Gasteiger partial charge in [-0.1, -0.05) is 19.1 Å². The molecule has 1 saturated heterocycles. The molecule has 110 valence electrons. The molecule has 0 spiro atoms. The number of nitrogens with one attached hydrogen (secondary N) is 1. The Hall–Kier alpha value is -1.55. The van der Waals surface area contributed by atoms with E-state index in [1.807, 2.05) is 24.0 Å². The normalized spacial score (nSPS) is 16.1. The molecule has 4 heteroatoms. The molecule has 1 amide bonds. The maximum Gasteiger partial charge on any atom is 0.257 e. The number of nitrogens with zero attached hydrogens (tertiary/aromatic N) is 1. The lowest BCUT2D eigenvalue weighted by Crippen LogP contribution is -2.46. The number of piperidine rings is 1. The second kappa shape index (κ2) is 6.75. The molecule has 1 fully saturated rings. The fourth-order valence-electron chi connectivity index (χ4n) is 2.80. The van der Waals surface area contributed by atoms with Crippen molar-refractivity contribution in [2.24, 2.45) is 0 Å². The van der Waals surface area contributed by atoms with Gasteiger partial charge >= 0.3 is 0 Å². The van der Waals surface area contributed by atoms with Gasteiger partial charge in [0.2, 0.25) is 0 Å². The molecule has 1 aliphatic heterocycles. The molecule has 2 rings (SSSR count). The summed E-state index contributed by atoms with van der Waals surface area (Å²) >= 11 is 0. The van der Waals surface area contributed by atoms with E-state index >= 15 is 0 Å². The minimum atomic E-state index is -0.0417. The van der Waals surface area contributed by atoms with E-state index in [0.717, 1.165) is 44.5 Å². The monoisotopic (exact) mass is 276 g/mol. The van der Waals surface area contributed by atoms with E-state index in [1.165, 1.54) is 0 Å². The standard InChI is InChI=1S/C16H24N2O2/c1-3-11-18(13-7-9-17-10-8-13)16(20)14-6-4-5-12(2)15(14)19/h4-6,13,17,19H,3,7-11H2,1-2H3. The maximum atomic E-state index is 12.8. The van der Waals surface area contributed by atoms with Crippen LogP contribution in [-0.4, -0.2) is 41.6 Å². The number of carbonyl (C=O) groups is 1. The Balaban J connectivity index is 2.23. The van der Waals surface area contributed by atoms with Crippen LogP contribution in [0.2, 0.25) is 0 Å². The number of para-hydroxylation sites is 1. The molecule has 0 unspecified atom stereocenters. The number of aryl methyl sites for hydroxylation is 1. The molecule has 20 heavy (non-hydrogen) atoms. The minimum absolute atomic E-state index is 0.0417. The van der Waals surface area contributed by atoms with Crippen LogP contribution in [0.4, 0.5) is 0 Å². The first-order valence-corrected chi connectivity index (χ1v) is 7.45. The van der Waals surface area contributed by atoms with E-state index in [9.17, 15) is 9.90 Å². The lowest BCUT2D eigenvalue weighted by molar-refractivity contribution is 0.0639. The second-order valence-corrected chi connectivity index (χ2v) is 5.45. The zero-order chi connectivity index (χ0) is 14.5. The van der Waals surface area contributed by atoms with Gasteiger partial charge in [0.1, 0.15) is 5.75 Å². The average molecular weight is 276 g/mol. The van der Waals surface area contributed by atoms with E-state index in [2.05, 4.69) is 12.2 Å². The lowest BCUT2D eigenvalue weighted by atomic mass is 10.0. The number of benzene rings is 1. The maximum absolute atomic E-state index is 12.8. The van der Waals surface area contributed by atoms with Gasteiger partial charge in [-0.15, -0.1) is 0 Å². The Kier molecular flexibility index (Phi) is 5.01. The zero-order valence-corrected chi connectivity index (χ0v) is 12.4. The molecule has 0 radical (unpaired) electrons. The topological polar surface area (TPSA) is 52.6 Å². The lowest BCUT2D eigenvalue weighted by Gasteiger charge is -2.34. The van der Waals surface area contributed by atoms with Gasteiger partial charge in [-0.3, -0.25) is 4.79 Å². The smallest absolute Gasteiger partial charge is 0.257 e. The Morgan fingerprint density at radius 2 is 2.10 bits per heavy atom. The summed E-state index contributed by atoms with van der Waals surface area (Å²) in [7, 11) is 0. The van der Waals surface area contributed by atoms with Gasteiger partial charge in [-0.2, -0.15) is 0 Å². The van der Waals surface area contributed by atoms with Crippen molar-refractivity contribution in [1.82, 2.24) is 10.2 Å². The summed E-state index contributed by atoms with van der Waals surface area (Å²) in [6, 6.07) is 5.65. The molecule has 0 saturated carbocycles. The average Bonchev–Trinajstić information content (AvgIpc) is 2.48. The number of phenolic OH excluding ortho intramolecular Hbond substituents is 1. The molecule has 1 aromatic rings. The van der Waals surface area contributed by atoms with Crippen molar-refractivity contribution >= 4 is 5.91 Å². The summed E-state index contributed by atoms with van der Waals surface area (Å²) in [5.74, 6) is 0.0764. The van der Waals surface area contributed by atoms with Crippen LogP contribution in [0.15, 0.2) is 18.2 Å². The first kappa shape index (κ1) is 14.9. The summed E-state index contributed by atoms with van der Waals surface area (Å²) < 4.78 is 0. The van der Waals surface area contributed by atoms with Crippen molar-refractivity contribution in [2.45, 2.75) is 39.2 Å². The van der Waals surface area contributed by atoms with Crippen LogP contribution in [0, 0.1) is 6.92 Å². The van der Waals surface area contributed by atoms with E-state index in [4.69, 9.17) is 0 Å². The molecule has 0 atom stereocenters. The van der Waals surface area contributed by atoms with Crippen molar-refractivity contribution < 1.29 is 9.90 Å². The SMILES string of the molecule is CCCN(C(=O)c1cccc(C)c1O)C1CCNCC1. The molecule has 4 nitrogen and oxygen atoms in total. The highest BCUT2D eigenvalue weighted by molar-refractivity contribution is 5.97. The quantitative estimate of drug-likeness (QED) is 0.887. The van der Waals surface area contributed by atoms with Crippen molar-refractivity contribution in [3.05, 3.63) is 29.3 Å². The summed E-state index contributed by atoms with van der Waals surface area (Å²) in [6.07, 6.45) is 2.90. The molecule has 1 aliphatic rings. The van der Waals surface area contributed by atoms with E-state index in [0.29, 0.717) is 5.56 Å². The number of amides is 1. The van der Waals surface area contributed by atoms with Gasteiger partial charge in [0.25, 0.3) is 5.91 Å². The number of aromatic hydroxyl groups is 1. The van der Waals surface area contributed by atoms with Crippen molar-refractivity contribution in [3.63, 3.8) is 0 Å². The first-order chi connectivity index (χ1) is 9.65. The number of carbonyl (C=O) groups excluding carboxylic acids is 1. The van der Waals surface area contributed by atoms with Crippen LogP contribution in [0.5, 0.6) is 5.75 Å². The highest BCUT2D eigenvalue weighted by atomic mass is 16.3. The fraction of sp³-hybridized carbons (Fsp3) is 0.562. The van der Waals surface area contributed by atoms with Crippen LogP contribution >= 0.6 is 0 Å². The molecule has 1 heterocycles. The first-order valence-electron chi connectivity index (χ1n) is 7.45. The van der Waals surface area contributed by atoms with E-state index < -0.39 is 0 Å². The van der Waals surface area contributed by atoms with Crippen molar-refractivity contribution in [1.29, 1.82) is 0 Å². The highest BCUT2D eigenvalue weighted by Gasteiger charge is 2.27. The third-order valence-corrected chi connectivity index (χ3v) is 3.94. The van der Waals surface area contributed by atoms with E-state index in [1.54, 1.807) is 6.07 Å². The highest BCUT2D eigenvalue weighted by Crippen LogP contribution is 2.25. The zero-order valence-electron chi connectivity index (χ0n) is 12.4. The summed E-state index contributed by atoms with van der Waals surface area (Å²) in [5.41, 5.74) is 1.18. The Morgan fingerprint density at radius 1 is 1.40 bits per heavy atom. The van der Waals surface area contributed by atoms with E-state index in [-0.39, 0.29) is 17.7 Å². The van der Waals surface area contributed by atoms with Gasteiger partial charge in [0, 0.05) is 12.6 Å². The predicted molar refractivity (Wildman–Crippen MR) is 80.1 cm³/mol. The second-order valence-electron chi connectivity index (χ2n) is 5.45. The number of rotatable bonds is 4. The molecule has 0 aromatic heterocycles. The van der Waals surface area contributed by atoms with Gasteiger partial charge in [0.15, 0.2) is 0 Å². The Morgan fingerprint density at radius 3 is 2.75 bits per heavy atom. The van der Waals surface area contributed by atoms with Crippen LogP contribution in [0.3, 0.4) is 0 Å². The summed E-state index contributed by atoms with van der Waals surface area (Å²) in [4.78, 5) is 14.7. The molecular weight excluding hydrogens is 252 g/mol. The fourth-order valence-corrected chi connectivity index (χ4v) is 2.80. The molecular formula is C16H24N2O2. The van der Waals surface area contributed by atoms with Crippen molar-refractivity contribution in [3.8, 4) is 5.75 Å². The molecule has 0 aliphatic carbocycles. The van der Waals surface area contributed by atoms with Crippen LogP contribution in [0.1, 0.15) is 42.1 Å². The predicted octanol–water partition coefficient (Wildman–Crippen LogP) is 2.30. The van der Waals surface area contributed by atoms with Crippen molar-refractivity contribution in [2.75, 3.05) is 19.6 Å². The Bertz CT molecular complexity index is 468. The van der Waals surface area contributed by atoms with Gasteiger partial charge in [-0.25, -0.2) is 0 Å². The Labute approximate surface area is 120 Å². The number of hydrogen-bond donors (Lipinski definition) is 2. The molecule has 1 aromatic carbocycles. The van der Waals surface area contributed by atoms with Crippen LogP contribution < -0.4 is 5.32 Å². The van der Waals surface area contributed by atoms with Crippen LogP contribution in [-0.2, 0) is 0 Å². The number of phenols is 1. The summed E-state index contributed by atoms with van der Waals surface area (Å²) in [6.45, 7) is 6.56. The van der Waals surface area contributed by atoms with Gasteiger partial charge < -0.3 is 15.3 Å². The third-order valence-electron chi connectivity index (χ3n) is 3.94. The minimum Gasteiger partial charge on any atom is -0.507 e.